The molecule has 1 unspecified atom stereocenters. The number of ketones is 1. The van der Waals surface area contributed by atoms with Gasteiger partial charge in [0.15, 0.2) is 5.78 Å². The Hall–Kier alpha value is -1.04. The summed E-state index contributed by atoms with van der Waals surface area (Å²) in [5, 5.41) is 20.9. The molecule has 0 rings (SSSR count). The zero-order chi connectivity index (χ0) is 14.0. The highest BCUT2D eigenvalue weighted by molar-refractivity contribution is 7.98. The first-order valence-electron chi connectivity index (χ1n) is 5.95. The summed E-state index contributed by atoms with van der Waals surface area (Å²) >= 11 is 1.78. The molecule has 0 saturated carbocycles. The first kappa shape index (κ1) is 17.0. The third-order valence-corrected chi connectivity index (χ3v) is 3.34. The highest BCUT2D eigenvalue weighted by Crippen LogP contribution is 2.13. The van der Waals surface area contributed by atoms with Crippen molar-refractivity contribution >= 4 is 29.5 Å². The lowest BCUT2D eigenvalue weighted by molar-refractivity contribution is -0.314. The van der Waals surface area contributed by atoms with E-state index < -0.39 is 23.6 Å². The summed E-state index contributed by atoms with van der Waals surface area (Å²) in [6.07, 6.45) is 6.48. The molecule has 6 heteroatoms. The molecule has 0 amide bonds. The van der Waals surface area contributed by atoms with Gasteiger partial charge in [-0.15, -0.1) is 0 Å². The van der Waals surface area contributed by atoms with Crippen LogP contribution in [0.4, 0.5) is 0 Å². The minimum atomic E-state index is -1.95. The zero-order valence-electron chi connectivity index (χ0n) is 10.5. The number of carbonyl (C=O) groups is 3. The average molecular weight is 274 g/mol. The lowest BCUT2D eigenvalue weighted by Crippen LogP contribution is -2.44. The molecule has 0 aliphatic heterocycles. The molecule has 0 bridgehead atoms. The predicted octanol–water partition coefficient (Wildman–Crippen LogP) is -0.625. The van der Waals surface area contributed by atoms with Crippen LogP contribution in [0.2, 0.25) is 0 Å². The first-order valence-corrected chi connectivity index (χ1v) is 7.35. The number of unbranched alkanes of at least 4 members (excludes halogenated alkanes) is 4. The summed E-state index contributed by atoms with van der Waals surface area (Å²) in [5.41, 5.74) is 0. The molecule has 104 valence electrons. The number of carbonyl (C=O) groups excluding carboxylic acids is 3. The molecule has 0 aliphatic rings. The Morgan fingerprint density at radius 3 is 2.06 bits per heavy atom. The number of hydrogen-bond acceptors (Lipinski definition) is 6. The molecular formula is C12H18O5S-2. The van der Waals surface area contributed by atoms with Gasteiger partial charge in [-0.25, -0.2) is 0 Å². The molecule has 0 radical (unpaired) electrons. The summed E-state index contributed by atoms with van der Waals surface area (Å²) in [5.74, 6) is -5.44. The van der Waals surface area contributed by atoms with E-state index in [0.717, 1.165) is 31.4 Å². The van der Waals surface area contributed by atoms with Crippen molar-refractivity contribution in [1.29, 1.82) is 0 Å². The van der Waals surface area contributed by atoms with Crippen molar-refractivity contribution in [3.05, 3.63) is 0 Å². The number of thioether (sulfide) groups is 1. The summed E-state index contributed by atoms with van der Waals surface area (Å²) in [7, 11) is 0. The van der Waals surface area contributed by atoms with Gasteiger partial charge >= 0.3 is 0 Å². The highest BCUT2D eigenvalue weighted by Gasteiger charge is 2.19. The van der Waals surface area contributed by atoms with Crippen molar-refractivity contribution in [2.24, 2.45) is 5.92 Å². The van der Waals surface area contributed by atoms with Gasteiger partial charge in [0, 0.05) is 0 Å². The summed E-state index contributed by atoms with van der Waals surface area (Å²) in [6, 6.07) is 0. The molecule has 0 saturated heterocycles. The normalized spacial score (nSPS) is 12.1. The molecule has 0 spiro atoms. The van der Waals surface area contributed by atoms with Crippen molar-refractivity contribution in [2.75, 3.05) is 12.0 Å². The fourth-order valence-corrected chi connectivity index (χ4v) is 2.12. The van der Waals surface area contributed by atoms with Crippen LogP contribution in [0, 0.1) is 5.92 Å². The molecule has 0 aromatic heterocycles. The van der Waals surface area contributed by atoms with Crippen molar-refractivity contribution in [2.45, 2.75) is 38.5 Å². The van der Waals surface area contributed by atoms with Crippen LogP contribution in [0.3, 0.4) is 0 Å². The molecule has 1 atom stereocenters. The lowest BCUT2D eigenvalue weighted by atomic mass is 9.96. The van der Waals surface area contributed by atoms with E-state index in [-0.39, 0.29) is 6.42 Å². The summed E-state index contributed by atoms with van der Waals surface area (Å²) in [4.78, 5) is 31.9. The first-order chi connectivity index (χ1) is 8.50. The molecule has 0 N–H and O–H groups in total. The molecule has 0 aromatic carbocycles. The minimum Gasteiger partial charge on any atom is -0.549 e. The van der Waals surface area contributed by atoms with Gasteiger partial charge < -0.3 is 19.8 Å². The van der Waals surface area contributed by atoms with Crippen LogP contribution < -0.4 is 10.2 Å². The van der Waals surface area contributed by atoms with Gasteiger partial charge in [-0.1, -0.05) is 25.7 Å². The minimum absolute atomic E-state index is 0.0116. The monoisotopic (exact) mass is 274 g/mol. The molecule has 0 aromatic rings. The SMILES string of the molecule is CSCCCCCCCC(C(=O)[O-])C(=O)C(=O)[O-]. The van der Waals surface area contributed by atoms with Crippen LogP contribution in [0.25, 0.3) is 0 Å². The highest BCUT2D eigenvalue weighted by atomic mass is 32.2. The Kier molecular flexibility index (Phi) is 9.36. The van der Waals surface area contributed by atoms with Crippen molar-refractivity contribution < 1.29 is 24.6 Å². The number of carboxylic acid groups (broad SMARTS) is 2. The van der Waals surface area contributed by atoms with E-state index in [1.807, 2.05) is 6.26 Å². The fourth-order valence-electron chi connectivity index (χ4n) is 1.62. The quantitative estimate of drug-likeness (QED) is 0.283. The molecule has 0 heterocycles. The Bertz CT molecular complexity index is 290. The van der Waals surface area contributed by atoms with Crippen molar-refractivity contribution in [1.82, 2.24) is 0 Å². The van der Waals surface area contributed by atoms with Gasteiger partial charge in [-0.3, -0.25) is 4.79 Å². The number of hydrogen-bond donors (Lipinski definition) is 0. The van der Waals surface area contributed by atoms with E-state index in [0.29, 0.717) is 6.42 Å². The number of aliphatic carboxylic acids is 2. The van der Waals surface area contributed by atoms with E-state index in [9.17, 15) is 24.6 Å². The molecule has 0 fully saturated rings. The second kappa shape index (κ2) is 9.94. The molecule has 18 heavy (non-hydrogen) atoms. The maximum absolute atomic E-state index is 11.0. The van der Waals surface area contributed by atoms with Gasteiger partial charge in [0.2, 0.25) is 0 Å². The van der Waals surface area contributed by atoms with E-state index in [1.54, 1.807) is 11.8 Å². The Labute approximate surface area is 111 Å². The average Bonchev–Trinajstić information content (AvgIpc) is 2.31. The summed E-state index contributed by atoms with van der Waals surface area (Å²) in [6.45, 7) is 0. The molecular weight excluding hydrogens is 256 g/mol. The van der Waals surface area contributed by atoms with Crippen LogP contribution in [0.5, 0.6) is 0 Å². The Balaban J connectivity index is 3.82. The number of rotatable bonds is 11. The standard InChI is InChI=1S/C12H20O5S/c1-18-8-6-4-2-3-5-7-9(11(14)15)10(13)12(16)17/h9H,2-8H2,1H3,(H,14,15)(H,16,17)/p-2. The van der Waals surface area contributed by atoms with Crippen LogP contribution in [-0.4, -0.2) is 29.7 Å². The Morgan fingerprint density at radius 1 is 1.00 bits per heavy atom. The fraction of sp³-hybridized carbons (Fsp3) is 0.750. The second-order valence-electron chi connectivity index (χ2n) is 4.07. The van der Waals surface area contributed by atoms with E-state index in [2.05, 4.69) is 0 Å². The van der Waals surface area contributed by atoms with Crippen LogP contribution in [0.15, 0.2) is 0 Å². The van der Waals surface area contributed by atoms with Gasteiger partial charge in [0.1, 0.15) is 5.97 Å². The van der Waals surface area contributed by atoms with Gasteiger partial charge in [-0.05, 0) is 24.9 Å². The molecule has 0 aliphatic carbocycles. The van der Waals surface area contributed by atoms with Crippen LogP contribution in [0.1, 0.15) is 38.5 Å². The van der Waals surface area contributed by atoms with Crippen molar-refractivity contribution in [3.63, 3.8) is 0 Å². The second-order valence-corrected chi connectivity index (χ2v) is 5.06. The van der Waals surface area contributed by atoms with E-state index >= 15 is 0 Å². The third-order valence-electron chi connectivity index (χ3n) is 2.64. The van der Waals surface area contributed by atoms with Crippen LogP contribution in [-0.2, 0) is 14.4 Å². The smallest absolute Gasteiger partial charge is 0.186 e. The lowest BCUT2D eigenvalue weighted by Gasteiger charge is -2.16. The summed E-state index contributed by atoms with van der Waals surface area (Å²) < 4.78 is 0. The number of Topliss-reactive ketones (excluding diaryl/α,β-unsaturated/α-hetero) is 1. The number of carboxylic acids is 2. The van der Waals surface area contributed by atoms with Crippen LogP contribution >= 0.6 is 11.8 Å². The maximum Gasteiger partial charge on any atom is 0.186 e. The maximum atomic E-state index is 11.0. The zero-order valence-corrected chi connectivity index (χ0v) is 11.3. The molecule has 5 nitrogen and oxygen atoms in total. The van der Waals surface area contributed by atoms with Gasteiger partial charge in [0.05, 0.1) is 11.9 Å². The third kappa shape index (κ3) is 7.32. The van der Waals surface area contributed by atoms with Crippen molar-refractivity contribution in [3.8, 4) is 0 Å². The largest absolute Gasteiger partial charge is 0.549 e. The van der Waals surface area contributed by atoms with E-state index in [1.165, 1.54) is 0 Å². The topological polar surface area (TPSA) is 97.3 Å². The Morgan fingerprint density at radius 2 is 1.56 bits per heavy atom. The van der Waals surface area contributed by atoms with Gasteiger partial charge in [-0.2, -0.15) is 11.8 Å². The van der Waals surface area contributed by atoms with E-state index in [4.69, 9.17) is 0 Å². The predicted molar refractivity (Wildman–Crippen MR) is 64.6 cm³/mol. The van der Waals surface area contributed by atoms with Gasteiger partial charge in [0.25, 0.3) is 0 Å².